The zero-order valence-corrected chi connectivity index (χ0v) is 14.1. The van der Waals surface area contributed by atoms with Crippen molar-refractivity contribution in [1.82, 2.24) is 19.5 Å². The first-order chi connectivity index (χ1) is 11.5. The van der Waals surface area contributed by atoms with Crippen LogP contribution in [-0.2, 0) is 14.8 Å². The lowest BCUT2D eigenvalue weighted by molar-refractivity contribution is -0.121. The summed E-state index contributed by atoms with van der Waals surface area (Å²) in [6.45, 7) is 2.56. The van der Waals surface area contributed by atoms with Gasteiger partial charge in [0, 0.05) is 19.0 Å². The molecule has 8 nitrogen and oxygen atoms in total. The molecule has 0 spiro atoms. The minimum absolute atomic E-state index is 0.167. The number of benzene rings is 1. The van der Waals surface area contributed by atoms with Crippen molar-refractivity contribution in [3.8, 4) is 0 Å². The molecule has 0 radical (unpaired) electrons. The molecule has 0 unspecified atom stereocenters. The molecule has 1 aliphatic rings. The second kappa shape index (κ2) is 6.70. The first-order valence-corrected chi connectivity index (χ1v) is 9.14. The minimum Gasteiger partial charge on any atom is -0.295 e. The molecule has 2 N–H and O–H groups in total. The predicted octanol–water partition coefficient (Wildman–Crippen LogP) is 1.15. The molecular weight excluding hydrogens is 330 g/mol. The van der Waals surface area contributed by atoms with Crippen LogP contribution in [0.5, 0.6) is 0 Å². The molecule has 0 bridgehead atoms. The van der Waals surface area contributed by atoms with Crippen LogP contribution < -0.4 is 5.32 Å². The molecule has 0 saturated carbocycles. The van der Waals surface area contributed by atoms with Gasteiger partial charge >= 0.3 is 0 Å². The zero-order chi connectivity index (χ0) is 17.2. The van der Waals surface area contributed by atoms with Gasteiger partial charge in [-0.3, -0.25) is 10.1 Å². The van der Waals surface area contributed by atoms with Gasteiger partial charge in [-0.25, -0.2) is 13.5 Å². The van der Waals surface area contributed by atoms with Crippen molar-refractivity contribution >= 4 is 21.9 Å². The average Bonchev–Trinajstić information content (AvgIpc) is 3.08. The highest BCUT2D eigenvalue weighted by Crippen LogP contribution is 2.24. The van der Waals surface area contributed by atoms with Crippen molar-refractivity contribution in [3.63, 3.8) is 0 Å². The van der Waals surface area contributed by atoms with Crippen molar-refractivity contribution in [3.05, 3.63) is 36.2 Å². The maximum Gasteiger partial charge on any atom is 0.243 e. The quantitative estimate of drug-likeness (QED) is 0.861. The molecule has 1 aliphatic heterocycles. The van der Waals surface area contributed by atoms with Crippen molar-refractivity contribution in [1.29, 1.82) is 0 Å². The van der Waals surface area contributed by atoms with Crippen LogP contribution in [0.2, 0.25) is 0 Å². The van der Waals surface area contributed by atoms with E-state index in [1.54, 1.807) is 24.3 Å². The molecule has 1 amide bonds. The number of anilines is 1. The Hall–Kier alpha value is -2.26. The molecule has 2 aromatic rings. The third kappa shape index (κ3) is 3.46. The largest absolute Gasteiger partial charge is 0.295 e. The molecule has 0 aliphatic carbocycles. The van der Waals surface area contributed by atoms with E-state index in [1.165, 1.54) is 10.6 Å². The van der Waals surface area contributed by atoms with Gasteiger partial charge in [-0.1, -0.05) is 17.7 Å². The van der Waals surface area contributed by atoms with Crippen LogP contribution in [-0.4, -0.2) is 46.9 Å². The van der Waals surface area contributed by atoms with E-state index in [1.807, 2.05) is 6.92 Å². The summed E-state index contributed by atoms with van der Waals surface area (Å²) in [5.74, 6) is -0.103. The maximum atomic E-state index is 12.6. The summed E-state index contributed by atoms with van der Waals surface area (Å²) in [5, 5.41) is 8.88. The highest BCUT2D eigenvalue weighted by atomic mass is 32.2. The van der Waals surface area contributed by atoms with Gasteiger partial charge in [-0.15, -0.1) is 0 Å². The van der Waals surface area contributed by atoms with Crippen molar-refractivity contribution in [2.24, 2.45) is 5.92 Å². The monoisotopic (exact) mass is 349 g/mol. The van der Waals surface area contributed by atoms with Gasteiger partial charge < -0.3 is 0 Å². The van der Waals surface area contributed by atoms with E-state index < -0.39 is 10.0 Å². The van der Waals surface area contributed by atoms with Gasteiger partial charge in [0.2, 0.25) is 21.9 Å². The second-order valence-corrected chi connectivity index (χ2v) is 7.75. The number of aryl methyl sites for hydroxylation is 1. The minimum atomic E-state index is -3.50. The van der Waals surface area contributed by atoms with E-state index in [0.717, 1.165) is 5.56 Å². The van der Waals surface area contributed by atoms with E-state index >= 15 is 0 Å². The van der Waals surface area contributed by atoms with Crippen molar-refractivity contribution in [2.75, 3.05) is 18.4 Å². The normalized spacial score (nSPS) is 16.9. The lowest BCUT2D eigenvalue weighted by Crippen LogP contribution is -2.41. The first kappa shape index (κ1) is 16.6. The molecule has 0 atom stereocenters. The number of carbonyl (C=O) groups is 1. The number of amides is 1. The first-order valence-electron chi connectivity index (χ1n) is 7.70. The summed E-state index contributed by atoms with van der Waals surface area (Å²) >= 11 is 0. The number of nitrogens with one attached hydrogen (secondary N) is 2. The van der Waals surface area contributed by atoms with Gasteiger partial charge in [0.15, 0.2) is 0 Å². The number of piperidine rings is 1. The van der Waals surface area contributed by atoms with E-state index in [0.29, 0.717) is 31.9 Å². The highest BCUT2D eigenvalue weighted by molar-refractivity contribution is 7.89. The molecule has 128 valence electrons. The van der Waals surface area contributed by atoms with Crippen LogP contribution in [0.25, 0.3) is 0 Å². The molecule has 3 rings (SSSR count). The van der Waals surface area contributed by atoms with Crippen LogP contribution in [0.1, 0.15) is 18.4 Å². The Bertz CT molecular complexity index is 794. The number of carbonyl (C=O) groups excluding carboxylic acids is 1. The van der Waals surface area contributed by atoms with Gasteiger partial charge in [0.05, 0.1) is 4.90 Å². The van der Waals surface area contributed by atoms with E-state index in [-0.39, 0.29) is 16.7 Å². The standard InChI is InChI=1S/C15H19N5O3S/c1-11-2-4-13(5-3-11)24(22,23)20-8-6-12(7-9-20)14(21)18-15-16-10-17-19-15/h2-5,10,12H,6-9H2,1H3,(H2,16,17,18,19,21). The number of H-pyrrole nitrogens is 1. The third-order valence-electron chi connectivity index (χ3n) is 4.14. The Morgan fingerprint density at radius 1 is 1.25 bits per heavy atom. The van der Waals surface area contributed by atoms with Crippen LogP contribution in [0.15, 0.2) is 35.5 Å². The Morgan fingerprint density at radius 3 is 2.50 bits per heavy atom. The molecule has 1 aromatic heterocycles. The lowest BCUT2D eigenvalue weighted by atomic mass is 9.97. The Morgan fingerprint density at radius 2 is 1.92 bits per heavy atom. The summed E-state index contributed by atoms with van der Waals surface area (Å²) in [5.41, 5.74) is 1.01. The SMILES string of the molecule is Cc1ccc(S(=O)(=O)N2CCC(C(=O)Nc3ncn[nH]3)CC2)cc1. The topological polar surface area (TPSA) is 108 Å². The Kier molecular flexibility index (Phi) is 4.63. The smallest absolute Gasteiger partial charge is 0.243 e. The maximum absolute atomic E-state index is 12.6. The Balaban J connectivity index is 1.62. The van der Waals surface area contributed by atoms with Crippen LogP contribution >= 0.6 is 0 Å². The van der Waals surface area contributed by atoms with Crippen LogP contribution in [0.3, 0.4) is 0 Å². The number of aromatic amines is 1. The van der Waals surface area contributed by atoms with Crippen molar-refractivity contribution < 1.29 is 13.2 Å². The number of nitrogens with zero attached hydrogens (tertiary/aromatic N) is 3. The fourth-order valence-electron chi connectivity index (χ4n) is 2.70. The molecule has 9 heteroatoms. The van der Waals surface area contributed by atoms with Crippen LogP contribution in [0.4, 0.5) is 5.95 Å². The van der Waals surface area contributed by atoms with E-state index in [4.69, 9.17) is 0 Å². The number of hydrogen-bond donors (Lipinski definition) is 2. The fourth-order valence-corrected chi connectivity index (χ4v) is 4.17. The van der Waals surface area contributed by atoms with Gasteiger partial charge in [0.25, 0.3) is 0 Å². The number of aromatic nitrogens is 3. The summed E-state index contributed by atoms with van der Waals surface area (Å²) in [6, 6.07) is 6.80. The second-order valence-electron chi connectivity index (χ2n) is 5.81. The lowest BCUT2D eigenvalue weighted by Gasteiger charge is -2.30. The molecule has 2 heterocycles. The Labute approximate surface area is 140 Å². The van der Waals surface area contributed by atoms with E-state index in [9.17, 15) is 13.2 Å². The van der Waals surface area contributed by atoms with Gasteiger partial charge in [-0.05, 0) is 31.9 Å². The summed E-state index contributed by atoms with van der Waals surface area (Å²) in [7, 11) is -3.50. The fraction of sp³-hybridized carbons (Fsp3) is 0.400. The number of hydrogen-bond acceptors (Lipinski definition) is 5. The van der Waals surface area contributed by atoms with Gasteiger partial charge in [0.1, 0.15) is 6.33 Å². The summed E-state index contributed by atoms with van der Waals surface area (Å²) in [6.07, 6.45) is 2.27. The molecule has 1 fully saturated rings. The highest BCUT2D eigenvalue weighted by Gasteiger charge is 2.32. The molecular formula is C15H19N5O3S. The predicted molar refractivity (Wildman–Crippen MR) is 87.7 cm³/mol. The third-order valence-corrected chi connectivity index (χ3v) is 6.05. The number of rotatable bonds is 4. The molecule has 1 aromatic carbocycles. The van der Waals surface area contributed by atoms with E-state index in [2.05, 4.69) is 20.5 Å². The summed E-state index contributed by atoms with van der Waals surface area (Å²) < 4.78 is 26.7. The van der Waals surface area contributed by atoms with Gasteiger partial charge in [-0.2, -0.15) is 14.4 Å². The molecule has 24 heavy (non-hydrogen) atoms. The van der Waals surface area contributed by atoms with Crippen LogP contribution in [0, 0.1) is 12.8 Å². The zero-order valence-electron chi connectivity index (χ0n) is 13.3. The average molecular weight is 349 g/mol. The van der Waals surface area contributed by atoms with Crippen molar-refractivity contribution in [2.45, 2.75) is 24.7 Å². The molecule has 1 saturated heterocycles. The number of sulfonamides is 1. The summed E-state index contributed by atoms with van der Waals surface area (Å²) in [4.78, 5) is 16.3.